The molecule has 0 aliphatic carbocycles. The molecule has 1 rings (SSSR count). The zero-order chi connectivity index (χ0) is 27.1. The molecule has 0 aliphatic rings. The number of hydrogen-bond donors (Lipinski definition) is 4. The number of carbonyl (C=O) groups is 5. The third-order valence-electron chi connectivity index (χ3n) is 5.10. The number of nitrogens with two attached hydrogens (primary N) is 1. The molecule has 0 bridgehead atoms. The van der Waals surface area contributed by atoms with Crippen molar-refractivity contribution in [1.82, 2.24) is 16.0 Å². The molecule has 0 aliphatic heterocycles. The summed E-state index contributed by atoms with van der Waals surface area (Å²) in [6.45, 7) is 7.04. The van der Waals surface area contributed by atoms with Crippen LogP contribution >= 0.6 is 0 Å². The first kappa shape index (κ1) is 30.3. The van der Waals surface area contributed by atoms with Gasteiger partial charge in [0.05, 0.1) is 6.61 Å². The fourth-order valence-corrected chi connectivity index (χ4v) is 3.46. The van der Waals surface area contributed by atoms with Crippen molar-refractivity contribution in [3.8, 4) is 0 Å². The van der Waals surface area contributed by atoms with Crippen LogP contribution < -0.4 is 21.7 Å². The Hall–Kier alpha value is -3.69. The van der Waals surface area contributed by atoms with Gasteiger partial charge >= 0.3 is 5.97 Å². The van der Waals surface area contributed by atoms with E-state index in [0.29, 0.717) is 6.42 Å². The van der Waals surface area contributed by atoms with Crippen molar-refractivity contribution in [3.63, 3.8) is 0 Å². The van der Waals surface area contributed by atoms with E-state index in [0.717, 1.165) is 5.56 Å². The van der Waals surface area contributed by atoms with Crippen LogP contribution in [0.25, 0.3) is 0 Å². The third-order valence-corrected chi connectivity index (χ3v) is 5.10. The second kappa shape index (κ2) is 16.1. The topological polar surface area (TPSA) is 157 Å². The lowest BCUT2D eigenvalue weighted by Crippen LogP contribution is -2.55. The van der Waals surface area contributed by atoms with Crippen molar-refractivity contribution in [3.05, 3.63) is 48.0 Å². The van der Waals surface area contributed by atoms with E-state index < -0.39 is 41.8 Å². The lowest BCUT2D eigenvalue weighted by molar-refractivity contribution is -0.137. The summed E-state index contributed by atoms with van der Waals surface area (Å²) in [5.41, 5.74) is 6.07. The molecule has 0 fully saturated rings. The highest BCUT2D eigenvalue weighted by atomic mass is 16.5. The standard InChI is InChI=1S/C26H38N4O6/c1-5-36-24(33)14-12-20(11-13-23(27)32)29-25(34)22(16-19-9-7-6-8-10-19)30-26(35)21(15-17(2)3)28-18(4)31/h6-10,12,14,17,20-22H,5,11,13,15-16H2,1-4H3,(H2,27,32)(H,28,31)(H,29,34)(H,30,35)/b14-12+/t20-,21-,22-/m0/s1. The predicted octanol–water partition coefficient (Wildman–Crippen LogP) is 1.13. The molecule has 1 aromatic carbocycles. The van der Waals surface area contributed by atoms with Crippen molar-refractivity contribution in [2.24, 2.45) is 11.7 Å². The average Bonchev–Trinajstić information content (AvgIpc) is 2.80. The lowest BCUT2D eigenvalue weighted by atomic mass is 10.0. The normalized spacial score (nSPS) is 13.5. The molecule has 1 aromatic rings. The van der Waals surface area contributed by atoms with E-state index in [1.165, 1.54) is 19.1 Å². The van der Waals surface area contributed by atoms with Crippen LogP contribution in [0.15, 0.2) is 42.5 Å². The molecule has 3 atom stereocenters. The number of hydrogen-bond acceptors (Lipinski definition) is 6. The SMILES string of the molecule is CCOC(=O)/C=C/[C@H](CCC(N)=O)NC(=O)[C@H](Cc1ccccc1)NC(=O)[C@H](CC(C)C)NC(C)=O. The highest BCUT2D eigenvalue weighted by Gasteiger charge is 2.28. The van der Waals surface area contributed by atoms with E-state index in [4.69, 9.17) is 10.5 Å². The average molecular weight is 503 g/mol. The Bertz CT molecular complexity index is 916. The quantitative estimate of drug-likeness (QED) is 0.208. The Morgan fingerprint density at radius 3 is 2.17 bits per heavy atom. The van der Waals surface area contributed by atoms with E-state index >= 15 is 0 Å². The van der Waals surface area contributed by atoms with Gasteiger partial charge in [-0.1, -0.05) is 50.3 Å². The molecule has 0 unspecified atom stereocenters. The summed E-state index contributed by atoms with van der Waals surface area (Å²) in [7, 11) is 0. The van der Waals surface area contributed by atoms with Gasteiger partial charge in [-0.15, -0.1) is 0 Å². The molecule has 0 heterocycles. The fraction of sp³-hybridized carbons (Fsp3) is 0.500. The highest BCUT2D eigenvalue weighted by Crippen LogP contribution is 2.09. The van der Waals surface area contributed by atoms with Gasteiger partial charge in [-0.05, 0) is 31.2 Å². The zero-order valence-electron chi connectivity index (χ0n) is 21.4. The number of primary amides is 1. The maximum Gasteiger partial charge on any atom is 0.330 e. The van der Waals surface area contributed by atoms with Gasteiger partial charge < -0.3 is 26.4 Å². The van der Waals surface area contributed by atoms with Crippen LogP contribution in [0.1, 0.15) is 52.5 Å². The first-order valence-electron chi connectivity index (χ1n) is 12.1. The number of carbonyl (C=O) groups excluding carboxylic acids is 5. The summed E-state index contributed by atoms with van der Waals surface area (Å²) in [6.07, 6.45) is 3.33. The van der Waals surface area contributed by atoms with Crippen LogP contribution in [-0.4, -0.2) is 54.3 Å². The minimum atomic E-state index is -0.976. The van der Waals surface area contributed by atoms with Crippen LogP contribution in [-0.2, 0) is 35.1 Å². The molecule has 198 valence electrons. The number of nitrogens with one attached hydrogen (secondary N) is 3. The first-order valence-corrected chi connectivity index (χ1v) is 12.1. The molecule has 5 N–H and O–H groups in total. The second-order valence-corrected chi connectivity index (χ2v) is 8.86. The van der Waals surface area contributed by atoms with Crippen LogP contribution in [0.5, 0.6) is 0 Å². The van der Waals surface area contributed by atoms with Gasteiger partial charge in [0.2, 0.25) is 23.6 Å². The highest BCUT2D eigenvalue weighted by molar-refractivity contribution is 5.92. The largest absolute Gasteiger partial charge is 0.463 e. The Morgan fingerprint density at radius 1 is 0.972 bits per heavy atom. The molecule has 0 radical (unpaired) electrons. The van der Waals surface area contributed by atoms with Gasteiger partial charge in [0.25, 0.3) is 0 Å². The Kier molecular flexibility index (Phi) is 13.5. The van der Waals surface area contributed by atoms with E-state index in [2.05, 4.69) is 16.0 Å². The molecular formula is C26H38N4O6. The maximum atomic E-state index is 13.3. The Morgan fingerprint density at radius 2 is 1.61 bits per heavy atom. The van der Waals surface area contributed by atoms with Gasteiger partial charge in [-0.25, -0.2) is 4.79 Å². The van der Waals surface area contributed by atoms with Crippen molar-refractivity contribution in [2.75, 3.05) is 6.61 Å². The third kappa shape index (κ3) is 12.7. The fourth-order valence-electron chi connectivity index (χ4n) is 3.46. The van der Waals surface area contributed by atoms with E-state index in [9.17, 15) is 24.0 Å². The van der Waals surface area contributed by atoms with E-state index in [1.807, 2.05) is 44.2 Å². The van der Waals surface area contributed by atoms with Gasteiger partial charge in [0.15, 0.2) is 0 Å². The summed E-state index contributed by atoms with van der Waals surface area (Å²) in [5.74, 6) is -2.36. The van der Waals surface area contributed by atoms with Gasteiger partial charge in [-0.2, -0.15) is 0 Å². The molecule has 4 amide bonds. The zero-order valence-corrected chi connectivity index (χ0v) is 21.4. The maximum absolute atomic E-state index is 13.3. The number of amides is 4. The van der Waals surface area contributed by atoms with Crippen molar-refractivity contribution in [1.29, 1.82) is 0 Å². The lowest BCUT2D eigenvalue weighted by Gasteiger charge is -2.25. The van der Waals surface area contributed by atoms with Gasteiger partial charge in [-0.3, -0.25) is 19.2 Å². The first-order chi connectivity index (χ1) is 17.0. The van der Waals surface area contributed by atoms with Crippen molar-refractivity contribution >= 4 is 29.6 Å². The summed E-state index contributed by atoms with van der Waals surface area (Å²) < 4.78 is 4.87. The molecule has 10 nitrogen and oxygen atoms in total. The molecule has 10 heteroatoms. The summed E-state index contributed by atoms with van der Waals surface area (Å²) >= 11 is 0. The summed E-state index contributed by atoms with van der Waals surface area (Å²) in [6, 6.07) is 6.66. The molecule has 0 saturated heterocycles. The predicted molar refractivity (Wildman–Crippen MR) is 135 cm³/mol. The molecule has 0 spiro atoms. The van der Waals surface area contributed by atoms with Crippen LogP contribution in [0.3, 0.4) is 0 Å². The smallest absolute Gasteiger partial charge is 0.330 e. The van der Waals surface area contributed by atoms with Gasteiger partial charge in [0.1, 0.15) is 12.1 Å². The number of rotatable bonds is 15. The minimum absolute atomic E-state index is 0.0210. The van der Waals surface area contributed by atoms with Crippen LogP contribution in [0.4, 0.5) is 0 Å². The second-order valence-electron chi connectivity index (χ2n) is 8.86. The van der Waals surface area contributed by atoms with Crippen LogP contribution in [0, 0.1) is 5.92 Å². The molecule has 36 heavy (non-hydrogen) atoms. The Labute approximate surface area is 212 Å². The number of esters is 1. The van der Waals surface area contributed by atoms with Crippen molar-refractivity contribution < 1.29 is 28.7 Å². The summed E-state index contributed by atoms with van der Waals surface area (Å²) in [4.78, 5) is 61.0. The van der Waals surface area contributed by atoms with E-state index in [1.54, 1.807) is 6.92 Å². The molecular weight excluding hydrogens is 464 g/mol. The molecule has 0 saturated carbocycles. The molecule has 0 aromatic heterocycles. The summed E-state index contributed by atoms with van der Waals surface area (Å²) in [5, 5.41) is 8.17. The minimum Gasteiger partial charge on any atom is -0.463 e. The number of benzene rings is 1. The monoisotopic (exact) mass is 502 g/mol. The van der Waals surface area contributed by atoms with E-state index in [-0.39, 0.29) is 37.7 Å². The number of ether oxygens (including phenoxy) is 1. The Balaban J connectivity index is 3.13. The van der Waals surface area contributed by atoms with Gasteiger partial charge in [0, 0.05) is 31.9 Å². The van der Waals surface area contributed by atoms with Crippen LogP contribution in [0.2, 0.25) is 0 Å². The van der Waals surface area contributed by atoms with Crippen molar-refractivity contribution in [2.45, 2.75) is 71.5 Å².